The third-order valence-electron chi connectivity index (χ3n) is 3.52. The molecule has 2 unspecified atom stereocenters. The molecule has 0 fully saturated rings. The number of aromatic amines is 1. The van der Waals surface area contributed by atoms with Gasteiger partial charge in [-0.1, -0.05) is 6.07 Å². The van der Waals surface area contributed by atoms with Crippen molar-refractivity contribution < 1.29 is 19.7 Å². The molecule has 0 radical (unpaired) electrons. The van der Waals surface area contributed by atoms with Gasteiger partial charge in [0.15, 0.2) is 0 Å². The zero-order valence-corrected chi connectivity index (χ0v) is 13.0. The predicted octanol–water partition coefficient (Wildman–Crippen LogP) is 0.318. The minimum absolute atomic E-state index is 0.0956. The quantitative estimate of drug-likeness (QED) is 0.570. The number of benzene rings is 1. The fraction of sp³-hybridized carbons (Fsp3) is 0.375. The van der Waals surface area contributed by atoms with Gasteiger partial charge in [0.2, 0.25) is 5.43 Å². The van der Waals surface area contributed by atoms with Gasteiger partial charge in [-0.15, -0.1) is 0 Å². The molecular weight excluding hydrogens is 300 g/mol. The van der Waals surface area contributed by atoms with Gasteiger partial charge in [0.05, 0.1) is 12.7 Å². The number of aromatic nitrogens is 1. The molecule has 2 rings (SSSR count). The first-order valence-corrected chi connectivity index (χ1v) is 7.32. The van der Waals surface area contributed by atoms with E-state index in [1.807, 2.05) is 0 Å². The lowest BCUT2D eigenvalue weighted by Gasteiger charge is -2.18. The van der Waals surface area contributed by atoms with Crippen molar-refractivity contribution in [3.63, 3.8) is 0 Å². The van der Waals surface area contributed by atoms with E-state index < -0.39 is 23.6 Å². The maximum atomic E-state index is 12.4. The Morgan fingerprint density at radius 3 is 2.78 bits per heavy atom. The number of nitrogens with one attached hydrogen (secondary N) is 2. The van der Waals surface area contributed by atoms with Crippen LogP contribution in [-0.4, -0.2) is 47.5 Å². The molecule has 124 valence electrons. The summed E-state index contributed by atoms with van der Waals surface area (Å²) in [6, 6.07) is 4.71. The van der Waals surface area contributed by atoms with Crippen LogP contribution in [0.4, 0.5) is 0 Å². The zero-order chi connectivity index (χ0) is 17.0. The topological polar surface area (TPSA) is 112 Å². The Hall–Kier alpha value is -2.22. The van der Waals surface area contributed by atoms with E-state index in [1.165, 1.54) is 12.3 Å². The smallest absolute Gasteiger partial charge is 0.343 e. The molecule has 0 aliphatic rings. The second-order valence-electron chi connectivity index (χ2n) is 5.13. The number of ether oxygens (including phenoxy) is 1. The molecule has 23 heavy (non-hydrogen) atoms. The lowest BCUT2D eigenvalue weighted by Crippen LogP contribution is -2.29. The summed E-state index contributed by atoms with van der Waals surface area (Å²) >= 11 is 0. The van der Waals surface area contributed by atoms with Gasteiger partial charge < -0.3 is 25.3 Å². The van der Waals surface area contributed by atoms with Crippen molar-refractivity contribution in [2.45, 2.75) is 19.1 Å². The van der Waals surface area contributed by atoms with Crippen LogP contribution in [0, 0.1) is 0 Å². The average Bonchev–Trinajstić information content (AvgIpc) is 2.54. The molecule has 1 heterocycles. The van der Waals surface area contributed by atoms with Crippen LogP contribution in [0.3, 0.4) is 0 Å². The fourth-order valence-corrected chi connectivity index (χ4v) is 2.32. The van der Waals surface area contributed by atoms with E-state index in [-0.39, 0.29) is 24.1 Å². The molecule has 0 aliphatic heterocycles. The van der Waals surface area contributed by atoms with Crippen LogP contribution in [0.2, 0.25) is 0 Å². The van der Waals surface area contributed by atoms with Crippen molar-refractivity contribution in [3.8, 4) is 0 Å². The Kier molecular flexibility index (Phi) is 5.49. The minimum Gasteiger partial charge on any atom is -0.462 e. The molecule has 4 N–H and O–H groups in total. The number of likely N-dealkylation sites (N-methyl/N-ethyl adjacent to an activating group) is 1. The second kappa shape index (κ2) is 7.36. The highest BCUT2D eigenvalue weighted by Crippen LogP contribution is 2.20. The molecule has 1 aromatic heterocycles. The third kappa shape index (κ3) is 3.58. The number of pyridine rings is 1. The second-order valence-corrected chi connectivity index (χ2v) is 5.13. The number of aliphatic hydroxyl groups is 2. The summed E-state index contributed by atoms with van der Waals surface area (Å²) in [7, 11) is 1.66. The van der Waals surface area contributed by atoms with Gasteiger partial charge in [0.25, 0.3) is 0 Å². The van der Waals surface area contributed by atoms with Crippen LogP contribution >= 0.6 is 0 Å². The number of hydrogen-bond acceptors (Lipinski definition) is 6. The third-order valence-corrected chi connectivity index (χ3v) is 3.52. The molecule has 7 heteroatoms. The van der Waals surface area contributed by atoms with Crippen LogP contribution < -0.4 is 10.7 Å². The molecule has 0 aliphatic carbocycles. The van der Waals surface area contributed by atoms with E-state index in [9.17, 15) is 19.8 Å². The van der Waals surface area contributed by atoms with E-state index in [2.05, 4.69) is 10.3 Å². The molecular formula is C16H20N2O5. The van der Waals surface area contributed by atoms with Crippen molar-refractivity contribution in [1.82, 2.24) is 10.3 Å². The Bertz CT molecular complexity index is 756. The number of fused-ring (bicyclic) bond motifs is 1. The van der Waals surface area contributed by atoms with Gasteiger partial charge >= 0.3 is 5.97 Å². The van der Waals surface area contributed by atoms with Gasteiger partial charge in [-0.05, 0) is 31.7 Å². The number of hydrogen-bond donors (Lipinski definition) is 4. The lowest BCUT2D eigenvalue weighted by atomic mass is 10.0. The summed E-state index contributed by atoms with van der Waals surface area (Å²) in [6.45, 7) is 2.04. The Morgan fingerprint density at radius 2 is 2.13 bits per heavy atom. The van der Waals surface area contributed by atoms with Gasteiger partial charge in [-0.25, -0.2) is 4.79 Å². The zero-order valence-electron chi connectivity index (χ0n) is 13.0. The predicted molar refractivity (Wildman–Crippen MR) is 85.4 cm³/mol. The molecule has 0 saturated carbocycles. The number of aliphatic hydroxyl groups excluding tert-OH is 2. The number of H-pyrrole nitrogens is 1. The van der Waals surface area contributed by atoms with Crippen LogP contribution in [-0.2, 0) is 4.74 Å². The molecule has 7 nitrogen and oxygen atoms in total. The Labute approximate surface area is 132 Å². The first kappa shape index (κ1) is 17.1. The van der Waals surface area contributed by atoms with E-state index >= 15 is 0 Å². The van der Waals surface area contributed by atoms with Crippen molar-refractivity contribution in [2.75, 3.05) is 20.2 Å². The first-order valence-electron chi connectivity index (χ1n) is 7.32. The van der Waals surface area contributed by atoms with Gasteiger partial charge in [-0.3, -0.25) is 4.79 Å². The van der Waals surface area contributed by atoms with Gasteiger partial charge in [0, 0.05) is 23.6 Å². The van der Waals surface area contributed by atoms with Crippen LogP contribution in [0.15, 0.2) is 29.2 Å². The molecule has 1 aromatic carbocycles. The molecule has 2 atom stereocenters. The SMILES string of the molecule is CCOC(=O)c1c[nH]c2ccc(C(O)C(O)CNC)cc2c1=O. The summed E-state index contributed by atoms with van der Waals surface area (Å²) in [5, 5.41) is 23.0. The highest BCUT2D eigenvalue weighted by Gasteiger charge is 2.19. The largest absolute Gasteiger partial charge is 0.462 e. The van der Waals surface area contributed by atoms with E-state index in [0.29, 0.717) is 11.1 Å². The Balaban J connectivity index is 2.47. The van der Waals surface area contributed by atoms with Gasteiger partial charge in [-0.2, -0.15) is 0 Å². The summed E-state index contributed by atoms with van der Waals surface area (Å²) < 4.78 is 4.85. The van der Waals surface area contributed by atoms with Crippen LogP contribution in [0.1, 0.15) is 28.9 Å². The van der Waals surface area contributed by atoms with Crippen LogP contribution in [0.5, 0.6) is 0 Å². The molecule has 2 aromatic rings. The molecule has 0 amide bonds. The lowest BCUT2D eigenvalue weighted by molar-refractivity contribution is 0.0203. The first-order chi connectivity index (χ1) is 11.0. The van der Waals surface area contributed by atoms with Crippen molar-refractivity contribution in [2.24, 2.45) is 0 Å². The maximum absolute atomic E-state index is 12.4. The van der Waals surface area contributed by atoms with Crippen molar-refractivity contribution in [3.05, 3.63) is 45.7 Å². The number of rotatable bonds is 6. The summed E-state index contributed by atoms with van der Waals surface area (Å²) in [5.41, 5.74) is 0.352. The standard InChI is InChI=1S/C16H20N2O5/c1-3-23-16(22)11-7-18-12-5-4-9(6-10(12)15(11)21)14(20)13(19)8-17-2/h4-7,13-14,17,19-20H,3,8H2,1-2H3,(H,18,21). The number of esters is 1. The van der Waals surface area contributed by atoms with Crippen molar-refractivity contribution >= 4 is 16.9 Å². The van der Waals surface area contributed by atoms with E-state index in [1.54, 1.807) is 26.1 Å². The number of carbonyl (C=O) groups is 1. The van der Waals surface area contributed by atoms with E-state index in [4.69, 9.17) is 4.74 Å². The highest BCUT2D eigenvalue weighted by molar-refractivity contribution is 5.93. The minimum atomic E-state index is -1.14. The summed E-state index contributed by atoms with van der Waals surface area (Å²) in [5.74, 6) is -0.697. The molecule has 0 saturated heterocycles. The van der Waals surface area contributed by atoms with Gasteiger partial charge in [0.1, 0.15) is 11.7 Å². The Morgan fingerprint density at radius 1 is 1.39 bits per heavy atom. The number of carbonyl (C=O) groups excluding carboxylic acids is 1. The highest BCUT2D eigenvalue weighted by atomic mass is 16.5. The molecule has 0 bridgehead atoms. The van der Waals surface area contributed by atoms with Crippen molar-refractivity contribution in [1.29, 1.82) is 0 Å². The van der Waals surface area contributed by atoms with E-state index in [0.717, 1.165) is 0 Å². The summed E-state index contributed by atoms with van der Waals surface area (Å²) in [6.07, 6.45) is -0.837. The maximum Gasteiger partial charge on any atom is 0.343 e. The monoisotopic (exact) mass is 320 g/mol. The summed E-state index contributed by atoms with van der Waals surface area (Å²) in [4.78, 5) is 27.1. The van der Waals surface area contributed by atoms with Crippen LogP contribution in [0.25, 0.3) is 10.9 Å². The normalized spacial score (nSPS) is 13.7. The average molecular weight is 320 g/mol. The molecule has 0 spiro atoms. The fourth-order valence-electron chi connectivity index (χ4n) is 2.32.